The Hall–Kier alpha value is -4.24. The van der Waals surface area contributed by atoms with Gasteiger partial charge in [0.05, 0.1) is 17.2 Å². The fourth-order valence-electron chi connectivity index (χ4n) is 4.51. The van der Waals surface area contributed by atoms with Crippen molar-refractivity contribution in [2.45, 2.75) is 43.8 Å². The quantitative estimate of drug-likeness (QED) is 0.363. The fourth-order valence-corrected chi connectivity index (χ4v) is 4.51. The van der Waals surface area contributed by atoms with Crippen molar-refractivity contribution in [3.8, 4) is 6.07 Å². The second kappa shape index (κ2) is 10.3. The molecule has 3 heterocycles. The Balaban J connectivity index is 1.44. The Labute approximate surface area is 216 Å². The summed E-state index contributed by atoms with van der Waals surface area (Å²) >= 11 is 0. The first-order chi connectivity index (χ1) is 18.2. The number of rotatable bonds is 7. The van der Waals surface area contributed by atoms with Gasteiger partial charge in [-0.2, -0.15) is 23.4 Å². The second-order valence-corrected chi connectivity index (χ2v) is 9.37. The molecule has 0 bridgehead atoms. The van der Waals surface area contributed by atoms with Crippen molar-refractivity contribution in [2.24, 2.45) is 0 Å². The highest BCUT2D eigenvalue weighted by Crippen LogP contribution is 2.42. The summed E-state index contributed by atoms with van der Waals surface area (Å²) in [6.45, 7) is 0.163. The van der Waals surface area contributed by atoms with Gasteiger partial charge in [-0.05, 0) is 67.6 Å². The number of pyridine rings is 1. The van der Waals surface area contributed by atoms with Crippen molar-refractivity contribution < 1.29 is 18.0 Å². The molecule has 1 aliphatic heterocycles. The summed E-state index contributed by atoms with van der Waals surface area (Å²) in [7, 11) is 0. The Bertz CT molecular complexity index is 1400. The largest absolute Gasteiger partial charge is 0.405 e. The third-order valence-corrected chi connectivity index (χ3v) is 6.74. The molecule has 0 unspecified atom stereocenters. The number of hydrogen-bond acceptors (Lipinski definition) is 8. The van der Waals surface area contributed by atoms with Crippen molar-refractivity contribution in [1.82, 2.24) is 25.6 Å². The van der Waals surface area contributed by atoms with E-state index < -0.39 is 24.0 Å². The number of benzene rings is 1. The highest BCUT2D eigenvalue weighted by Gasteiger charge is 2.40. The van der Waals surface area contributed by atoms with Gasteiger partial charge in [-0.15, -0.1) is 0 Å². The van der Waals surface area contributed by atoms with E-state index in [-0.39, 0.29) is 17.3 Å². The molecule has 3 aromatic rings. The Morgan fingerprint density at radius 2 is 1.97 bits per heavy atom. The summed E-state index contributed by atoms with van der Waals surface area (Å²) < 4.78 is 38.2. The lowest BCUT2D eigenvalue weighted by molar-refractivity contribution is -0.123. The van der Waals surface area contributed by atoms with E-state index in [0.717, 1.165) is 43.4 Å². The summed E-state index contributed by atoms with van der Waals surface area (Å²) in [5.74, 6) is -0.559. The van der Waals surface area contributed by atoms with Gasteiger partial charge in [-0.3, -0.25) is 4.79 Å². The lowest BCUT2D eigenvalue weighted by Crippen LogP contribution is -2.34. The molecule has 0 saturated heterocycles. The minimum atomic E-state index is -4.57. The Morgan fingerprint density at radius 3 is 2.71 bits per heavy atom. The fraction of sp³-hybridized carbons (Fsp3) is 0.346. The molecule has 4 N–H and O–H groups in total. The maximum atomic E-state index is 12.7. The summed E-state index contributed by atoms with van der Waals surface area (Å²) in [6.07, 6.45) is -0.157. The third-order valence-electron chi connectivity index (χ3n) is 6.74. The lowest BCUT2D eigenvalue weighted by atomic mass is 9.67. The first-order valence-corrected chi connectivity index (χ1v) is 12.2. The van der Waals surface area contributed by atoms with Crippen LogP contribution in [0.4, 0.5) is 36.4 Å². The van der Waals surface area contributed by atoms with Crippen LogP contribution in [-0.2, 0) is 18.4 Å². The number of aromatic nitrogens is 3. The van der Waals surface area contributed by atoms with Gasteiger partial charge < -0.3 is 21.3 Å². The van der Waals surface area contributed by atoms with Crippen LogP contribution >= 0.6 is 0 Å². The number of amides is 1. The van der Waals surface area contributed by atoms with Gasteiger partial charge in [0.25, 0.3) is 5.91 Å². The number of carbonyl (C=O) groups excluding carboxylic acids is 1. The molecular weight excluding hydrogens is 497 g/mol. The summed E-state index contributed by atoms with van der Waals surface area (Å²) in [6, 6.07) is 13.4. The van der Waals surface area contributed by atoms with E-state index in [4.69, 9.17) is 0 Å². The molecule has 1 aliphatic carbocycles. The number of fused-ring (bicyclic) bond motifs is 1. The molecule has 0 spiro atoms. The number of carbonyl (C=O) groups is 1. The topological polar surface area (TPSA) is 128 Å². The van der Waals surface area contributed by atoms with Crippen LogP contribution in [0.15, 0.2) is 42.6 Å². The summed E-state index contributed by atoms with van der Waals surface area (Å²) in [5.41, 5.74) is 2.88. The van der Waals surface area contributed by atoms with Gasteiger partial charge in [-0.1, -0.05) is 12.1 Å². The molecule has 1 amide bonds. The van der Waals surface area contributed by atoms with Gasteiger partial charge in [0.15, 0.2) is 0 Å². The minimum absolute atomic E-state index is 0.0222. The number of alkyl halides is 3. The standard InChI is InChI=1S/C26H25F3N8O/c27-26(28,29)15-33-23(38)19-13-32-24(34-18-6-5-16-7-10-31-12-17(16)11-18)37-22(19)36-21-4-1-3-20(35-21)25(14-30)8-2-9-25/h1,3-6,11,13,31H,2,7-10,12,15H2,(H,33,38)(H2,32,34,35,36,37). The Kier molecular flexibility index (Phi) is 6.86. The molecule has 1 saturated carbocycles. The monoisotopic (exact) mass is 522 g/mol. The molecule has 1 aromatic carbocycles. The number of nitrogens with zero attached hydrogens (tertiary/aromatic N) is 4. The zero-order chi connectivity index (χ0) is 26.8. The SMILES string of the molecule is N#CC1(c2cccc(Nc3nc(Nc4ccc5c(c4)CNCC5)ncc3C(=O)NCC(F)(F)F)n2)CCC1. The van der Waals surface area contributed by atoms with E-state index in [9.17, 15) is 23.2 Å². The molecule has 5 rings (SSSR count). The highest BCUT2D eigenvalue weighted by molar-refractivity contribution is 5.99. The van der Waals surface area contributed by atoms with E-state index in [1.165, 1.54) is 5.56 Å². The minimum Gasteiger partial charge on any atom is -0.343 e. The molecule has 0 atom stereocenters. The molecule has 2 aromatic heterocycles. The van der Waals surface area contributed by atoms with E-state index in [1.54, 1.807) is 18.2 Å². The van der Waals surface area contributed by atoms with Crippen LogP contribution in [0.25, 0.3) is 0 Å². The van der Waals surface area contributed by atoms with Crippen molar-refractivity contribution >= 4 is 29.2 Å². The maximum Gasteiger partial charge on any atom is 0.405 e. The number of nitrogens with one attached hydrogen (secondary N) is 4. The molecule has 196 valence electrons. The average Bonchev–Trinajstić information content (AvgIpc) is 2.87. The maximum absolute atomic E-state index is 12.7. The zero-order valence-electron chi connectivity index (χ0n) is 20.3. The summed E-state index contributed by atoms with van der Waals surface area (Å²) in [4.78, 5) is 25.7. The van der Waals surface area contributed by atoms with Crippen LogP contribution in [-0.4, -0.2) is 40.1 Å². The summed E-state index contributed by atoms with van der Waals surface area (Å²) in [5, 5.41) is 20.9. The van der Waals surface area contributed by atoms with Crippen LogP contribution in [0, 0.1) is 11.3 Å². The molecular formula is C26H25F3N8O. The first kappa shape index (κ1) is 25.4. The van der Waals surface area contributed by atoms with Crippen LogP contribution < -0.4 is 21.3 Å². The number of nitriles is 1. The van der Waals surface area contributed by atoms with Crippen molar-refractivity contribution in [3.63, 3.8) is 0 Å². The van der Waals surface area contributed by atoms with E-state index >= 15 is 0 Å². The van der Waals surface area contributed by atoms with E-state index in [2.05, 4.69) is 37.0 Å². The molecule has 1 fully saturated rings. The van der Waals surface area contributed by atoms with Gasteiger partial charge in [0, 0.05) is 18.4 Å². The highest BCUT2D eigenvalue weighted by atomic mass is 19.4. The zero-order valence-corrected chi connectivity index (χ0v) is 20.3. The van der Waals surface area contributed by atoms with Crippen LogP contribution in [0.5, 0.6) is 0 Å². The van der Waals surface area contributed by atoms with Crippen LogP contribution in [0.1, 0.15) is 46.4 Å². The smallest absolute Gasteiger partial charge is 0.343 e. The normalized spacial score (nSPS) is 15.9. The third kappa shape index (κ3) is 5.52. The van der Waals surface area contributed by atoms with E-state index in [0.29, 0.717) is 24.4 Å². The van der Waals surface area contributed by atoms with Gasteiger partial charge in [0.1, 0.15) is 23.7 Å². The lowest BCUT2D eigenvalue weighted by Gasteiger charge is -2.34. The van der Waals surface area contributed by atoms with Crippen LogP contribution in [0.2, 0.25) is 0 Å². The average molecular weight is 523 g/mol. The van der Waals surface area contributed by atoms with Crippen LogP contribution in [0.3, 0.4) is 0 Å². The Morgan fingerprint density at radius 1 is 1.13 bits per heavy atom. The molecule has 38 heavy (non-hydrogen) atoms. The van der Waals surface area contributed by atoms with Crippen molar-refractivity contribution in [3.05, 3.63) is 65.0 Å². The number of hydrogen-bond donors (Lipinski definition) is 4. The second-order valence-electron chi connectivity index (χ2n) is 9.37. The first-order valence-electron chi connectivity index (χ1n) is 12.2. The van der Waals surface area contributed by atoms with Crippen molar-refractivity contribution in [2.75, 3.05) is 23.7 Å². The molecule has 0 radical (unpaired) electrons. The predicted molar refractivity (Wildman–Crippen MR) is 134 cm³/mol. The molecule has 9 nitrogen and oxygen atoms in total. The predicted octanol–water partition coefficient (Wildman–Crippen LogP) is 4.24. The number of anilines is 4. The van der Waals surface area contributed by atoms with Gasteiger partial charge >= 0.3 is 6.18 Å². The van der Waals surface area contributed by atoms with E-state index in [1.807, 2.05) is 23.5 Å². The van der Waals surface area contributed by atoms with Gasteiger partial charge in [-0.25, -0.2) is 9.97 Å². The van der Waals surface area contributed by atoms with Crippen molar-refractivity contribution in [1.29, 1.82) is 5.26 Å². The number of halogens is 3. The molecule has 12 heteroatoms. The van der Waals surface area contributed by atoms with Gasteiger partial charge in [0.2, 0.25) is 5.95 Å². The molecule has 2 aliphatic rings.